The summed E-state index contributed by atoms with van der Waals surface area (Å²) >= 11 is 0. The maximum Gasteiger partial charge on any atom is 0.255 e. The molecule has 1 aliphatic heterocycles. The molecule has 36 heavy (non-hydrogen) atoms. The number of para-hydroxylation sites is 2. The highest BCUT2D eigenvalue weighted by Gasteiger charge is 2.59. The molecule has 1 saturated heterocycles. The summed E-state index contributed by atoms with van der Waals surface area (Å²) in [5.74, 6) is -0.170. The Kier molecular flexibility index (Phi) is 4.48. The number of allylic oxidation sites excluding steroid dienone is 2. The number of carbonyl (C=O) groups excluding carboxylic acids is 3. The average Bonchev–Trinajstić information content (AvgIpc) is 3.67. The first-order chi connectivity index (χ1) is 17.6. The van der Waals surface area contributed by atoms with Crippen molar-refractivity contribution in [3.05, 3.63) is 90.5 Å². The SMILES string of the molecule is O=C(Nc1ccc(-c2nc3ccccc3o2)cc1)c1ccc(N2C(=O)[C@@H]3[C@H](C2=O)[C@H]2C=C[C@H]3C2)cc1. The van der Waals surface area contributed by atoms with E-state index in [1.165, 1.54) is 4.90 Å². The van der Waals surface area contributed by atoms with Gasteiger partial charge in [-0.1, -0.05) is 24.3 Å². The Hall–Kier alpha value is -4.52. The molecule has 2 bridgehead atoms. The van der Waals surface area contributed by atoms with E-state index in [0.717, 1.165) is 23.1 Å². The van der Waals surface area contributed by atoms with Gasteiger partial charge in [0.2, 0.25) is 17.7 Å². The van der Waals surface area contributed by atoms with Crippen LogP contribution >= 0.6 is 0 Å². The molecular formula is C29H21N3O4. The fourth-order valence-corrected chi connectivity index (χ4v) is 5.81. The van der Waals surface area contributed by atoms with Gasteiger partial charge in [0.15, 0.2) is 5.58 Å². The van der Waals surface area contributed by atoms with Crippen molar-refractivity contribution >= 4 is 40.2 Å². The number of carbonyl (C=O) groups is 3. The van der Waals surface area contributed by atoms with Crippen LogP contribution in [0.15, 0.2) is 89.4 Å². The molecule has 2 heterocycles. The molecular weight excluding hydrogens is 454 g/mol. The molecule has 1 aromatic heterocycles. The van der Waals surface area contributed by atoms with Gasteiger partial charge in [0, 0.05) is 16.8 Å². The summed E-state index contributed by atoms with van der Waals surface area (Å²) in [7, 11) is 0. The van der Waals surface area contributed by atoms with Crippen LogP contribution in [0.2, 0.25) is 0 Å². The highest BCUT2D eigenvalue weighted by molar-refractivity contribution is 6.23. The number of fused-ring (bicyclic) bond motifs is 6. The molecule has 0 unspecified atom stereocenters. The molecule has 7 heteroatoms. The van der Waals surface area contributed by atoms with E-state index in [9.17, 15) is 14.4 Å². The fraction of sp³-hybridized carbons (Fsp3) is 0.172. The van der Waals surface area contributed by atoms with Gasteiger partial charge in [0.1, 0.15) is 5.52 Å². The van der Waals surface area contributed by atoms with E-state index in [-0.39, 0.29) is 41.4 Å². The van der Waals surface area contributed by atoms with Crippen molar-refractivity contribution in [3.63, 3.8) is 0 Å². The molecule has 3 amide bonds. The molecule has 3 aromatic carbocycles. The van der Waals surface area contributed by atoms with Gasteiger partial charge in [-0.3, -0.25) is 19.3 Å². The lowest BCUT2D eigenvalue weighted by Crippen LogP contribution is -2.32. The average molecular weight is 476 g/mol. The fourth-order valence-electron chi connectivity index (χ4n) is 5.81. The summed E-state index contributed by atoms with van der Waals surface area (Å²) in [4.78, 5) is 44.6. The number of benzene rings is 3. The molecule has 1 saturated carbocycles. The molecule has 0 spiro atoms. The van der Waals surface area contributed by atoms with Crippen molar-refractivity contribution < 1.29 is 18.8 Å². The van der Waals surface area contributed by atoms with Gasteiger partial charge >= 0.3 is 0 Å². The maximum absolute atomic E-state index is 13.0. The van der Waals surface area contributed by atoms with E-state index in [2.05, 4.69) is 22.5 Å². The van der Waals surface area contributed by atoms with Crippen LogP contribution in [0.1, 0.15) is 16.8 Å². The molecule has 7 nitrogen and oxygen atoms in total. The third-order valence-corrected chi connectivity index (χ3v) is 7.54. The third kappa shape index (κ3) is 3.12. The van der Waals surface area contributed by atoms with Gasteiger partial charge in [-0.25, -0.2) is 4.98 Å². The van der Waals surface area contributed by atoms with Crippen molar-refractivity contribution in [2.45, 2.75) is 6.42 Å². The van der Waals surface area contributed by atoms with Crippen LogP contribution in [0.3, 0.4) is 0 Å². The van der Waals surface area contributed by atoms with Crippen LogP contribution < -0.4 is 10.2 Å². The molecule has 0 radical (unpaired) electrons. The van der Waals surface area contributed by atoms with Crippen molar-refractivity contribution in [2.24, 2.45) is 23.7 Å². The van der Waals surface area contributed by atoms with Crippen molar-refractivity contribution in [1.82, 2.24) is 4.98 Å². The summed E-state index contributed by atoms with van der Waals surface area (Å²) in [6.07, 6.45) is 5.05. The lowest BCUT2D eigenvalue weighted by molar-refractivity contribution is -0.123. The van der Waals surface area contributed by atoms with Crippen molar-refractivity contribution in [3.8, 4) is 11.5 Å². The Bertz CT molecular complexity index is 1510. The van der Waals surface area contributed by atoms with Gasteiger partial charge in [0.25, 0.3) is 5.91 Å². The highest BCUT2D eigenvalue weighted by Crippen LogP contribution is 2.53. The van der Waals surface area contributed by atoms with E-state index in [0.29, 0.717) is 22.8 Å². The second-order valence-corrected chi connectivity index (χ2v) is 9.58. The number of nitrogens with zero attached hydrogens (tertiary/aromatic N) is 2. The molecule has 4 atom stereocenters. The molecule has 2 fully saturated rings. The van der Waals surface area contributed by atoms with Crippen LogP contribution in [0.4, 0.5) is 11.4 Å². The van der Waals surface area contributed by atoms with E-state index >= 15 is 0 Å². The van der Waals surface area contributed by atoms with Crippen LogP contribution in [0.25, 0.3) is 22.6 Å². The Morgan fingerprint density at radius 1 is 0.861 bits per heavy atom. The largest absolute Gasteiger partial charge is 0.436 e. The predicted octanol–water partition coefficient (Wildman–Crippen LogP) is 5.06. The molecule has 176 valence electrons. The van der Waals surface area contributed by atoms with Gasteiger partial charge < -0.3 is 9.73 Å². The number of hydrogen-bond acceptors (Lipinski definition) is 5. The minimum atomic E-state index is -0.283. The molecule has 2 aliphatic carbocycles. The van der Waals surface area contributed by atoms with Crippen LogP contribution in [0, 0.1) is 23.7 Å². The Morgan fingerprint density at radius 2 is 1.53 bits per heavy atom. The first-order valence-corrected chi connectivity index (χ1v) is 12.0. The van der Waals surface area contributed by atoms with Crippen LogP contribution in [0.5, 0.6) is 0 Å². The van der Waals surface area contributed by atoms with Gasteiger partial charge in [0.05, 0.1) is 17.5 Å². The minimum absolute atomic E-state index is 0.127. The molecule has 1 N–H and O–H groups in total. The maximum atomic E-state index is 13.0. The lowest BCUT2D eigenvalue weighted by Gasteiger charge is -2.17. The zero-order valence-electron chi connectivity index (χ0n) is 19.1. The summed E-state index contributed by atoms with van der Waals surface area (Å²) in [5.41, 5.74) is 3.89. The number of rotatable bonds is 4. The molecule has 4 aromatic rings. The Balaban J connectivity index is 1.05. The third-order valence-electron chi connectivity index (χ3n) is 7.54. The van der Waals surface area contributed by atoms with Crippen molar-refractivity contribution in [1.29, 1.82) is 0 Å². The zero-order valence-corrected chi connectivity index (χ0v) is 19.1. The summed E-state index contributed by atoms with van der Waals surface area (Å²) in [6, 6.07) is 21.4. The van der Waals surface area contributed by atoms with Gasteiger partial charge in [-0.05, 0) is 78.9 Å². The number of imide groups is 1. The number of hydrogen-bond donors (Lipinski definition) is 1. The van der Waals surface area contributed by atoms with Gasteiger partial charge in [-0.15, -0.1) is 0 Å². The standard InChI is InChI=1S/C29H21N3O4/c33-26(30-20-11-7-17(8-12-20)27-31-22-3-1-2-4-23(22)36-27)16-9-13-21(14-10-16)32-28(34)24-18-5-6-19(15-18)25(24)29(32)35/h1-14,18-19,24-25H,15H2,(H,30,33)/t18-,19-,24-,25+/m0/s1. The Labute approximate surface area is 206 Å². The zero-order chi connectivity index (χ0) is 24.4. The minimum Gasteiger partial charge on any atom is -0.436 e. The Morgan fingerprint density at radius 3 is 2.19 bits per heavy atom. The predicted molar refractivity (Wildman–Crippen MR) is 134 cm³/mol. The summed E-state index contributed by atoms with van der Waals surface area (Å²) < 4.78 is 5.80. The first-order valence-electron chi connectivity index (χ1n) is 12.0. The number of aromatic nitrogens is 1. The smallest absolute Gasteiger partial charge is 0.255 e. The van der Waals surface area contributed by atoms with Crippen LogP contribution in [-0.2, 0) is 9.59 Å². The van der Waals surface area contributed by atoms with E-state index < -0.39 is 0 Å². The van der Waals surface area contributed by atoms with Crippen LogP contribution in [-0.4, -0.2) is 22.7 Å². The first kappa shape index (κ1) is 20.8. The molecule has 3 aliphatic rings. The van der Waals surface area contributed by atoms with Gasteiger partial charge in [-0.2, -0.15) is 0 Å². The number of oxazole rings is 1. The monoisotopic (exact) mass is 475 g/mol. The number of nitrogens with one attached hydrogen (secondary N) is 1. The lowest BCUT2D eigenvalue weighted by atomic mass is 9.85. The number of amides is 3. The second-order valence-electron chi connectivity index (χ2n) is 9.58. The molecule has 7 rings (SSSR count). The van der Waals surface area contributed by atoms with E-state index in [4.69, 9.17) is 4.42 Å². The quantitative estimate of drug-likeness (QED) is 0.329. The number of anilines is 2. The highest BCUT2D eigenvalue weighted by atomic mass is 16.3. The van der Waals surface area contributed by atoms with Crippen molar-refractivity contribution in [2.75, 3.05) is 10.2 Å². The van der Waals surface area contributed by atoms with E-state index in [1.807, 2.05) is 36.4 Å². The summed E-state index contributed by atoms with van der Waals surface area (Å²) in [5, 5.41) is 2.88. The topological polar surface area (TPSA) is 92.5 Å². The normalized spacial score (nSPS) is 24.1. The second kappa shape index (κ2) is 7.75. The summed E-state index contributed by atoms with van der Waals surface area (Å²) in [6.45, 7) is 0. The van der Waals surface area contributed by atoms with E-state index in [1.54, 1.807) is 36.4 Å².